The molecule has 10 rings (SSSR count). The maximum Gasteiger partial charge on any atom is 0.159 e. The fourth-order valence-corrected chi connectivity index (χ4v) is 9.38. The van der Waals surface area contributed by atoms with E-state index >= 15 is 0 Å². The van der Waals surface area contributed by atoms with E-state index in [0.29, 0.717) is 0 Å². The van der Waals surface area contributed by atoms with Crippen molar-refractivity contribution in [3.05, 3.63) is 182 Å². The third kappa shape index (κ3) is 5.39. The summed E-state index contributed by atoms with van der Waals surface area (Å²) >= 11 is 0. The predicted molar refractivity (Wildman–Crippen MR) is 235 cm³/mol. The normalized spacial score (nSPS) is 12.0. The minimum atomic E-state index is -1.47. The Labute approximate surface area is 316 Å². The van der Waals surface area contributed by atoms with Gasteiger partial charge in [0.05, 0.1) is 19.4 Å². The molecule has 1 aromatic heterocycles. The van der Waals surface area contributed by atoms with E-state index in [1.807, 2.05) is 0 Å². The third-order valence-electron chi connectivity index (χ3n) is 11.0. The topological polar surface area (TPSA) is 16.4 Å². The van der Waals surface area contributed by atoms with Crippen molar-refractivity contribution in [3.63, 3.8) is 0 Å². The van der Waals surface area contributed by atoms with Crippen LogP contribution in [0.2, 0.25) is 19.6 Å². The van der Waals surface area contributed by atoms with E-state index in [1.165, 1.54) is 59.8 Å². The van der Waals surface area contributed by atoms with Crippen molar-refractivity contribution < 1.29 is 4.42 Å². The average Bonchev–Trinajstić information content (AvgIpc) is 3.58. The maximum atomic E-state index is 6.89. The van der Waals surface area contributed by atoms with Crippen LogP contribution < -0.4 is 10.1 Å². The van der Waals surface area contributed by atoms with Crippen LogP contribution in [0.5, 0.6) is 0 Å². The number of furan rings is 1. The first-order valence-corrected chi connectivity index (χ1v) is 22.3. The average molecular weight is 710 g/mol. The van der Waals surface area contributed by atoms with Crippen molar-refractivity contribution >= 4 is 84.6 Å². The highest BCUT2D eigenvalue weighted by molar-refractivity contribution is 6.88. The number of hydrogen-bond donors (Lipinski definition) is 0. The van der Waals surface area contributed by atoms with Gasteiger partial charge in [0.1, 0.15) is 5.58 Å². The van der Waals surface area contributed by atoms with Crippen molar-refractivity contribution in [2.24, 2.45) is 0 Å². The van der Waals surface area contributed by atoms with Crippen LogP contribution in [0.4, 0.5) is 17.1 Å². The molecule has 3 heteroatoms. The highest BCUT2D eigenvalue weighted by Crippen LogP contribution is 2.45. The molecular formula is C51H39NOSi. The molecule has 0 N–H and O–H groups in total. The molecule has 0 atom stereocenters. The van der Waals surface area contributed by atoms with Crippen LogP contribution in [-0.4, -0.2) is 8.07 Å². The summed E-state index contributed by atoms with van der Waals surface area (Å²) in [5.74, 6) is 0. The van der Waals surface area contributed by atoms with Crippen LogP contribution in [-0.2, 0) is 0 Å². The summed E-state index contributed by atoms with van der Waals surface area (Å²) in [7, 11) is -1.47. The predicted octanol–water partition coefficient (Wildman–Crippen LogP) is 14.4. The molecule has 0 amide bonds. The van der Waals surface area contributed by atoms with Crippen molar-refractivity contribution in [2.75, 3.05) is 4.90 Å². The molecule has 1 heterocycles. The van der Waals surface area contributed by atoms with Gasteiger partial charge in [0.15, 0.2) is 5.58 Å². The molecule has 258 valence electrons. The summed E-state index contributed by atoms with van der Waals surface area (Å²) in [6.45, 7) is 7.22. The van der Waals surface area contributed by atoms with E-state index in [1.54, 1.807) is 0 Å². The molecular weight excluding hydrogens is 671 g/mol. The van der Waals surface area contributed by atoms with Gasteiger partial charge in [-0.1, -0.05) is 170 Å². The van der Waals surface area contributed by atoms with Crippen LogP contribution in [0.15, 0.2) is 186 Å². The summed E-state index contributed by atoms with van der Waals surface area (Å²) in [6, 6.07) is 66.3. The highest BCUT2D eigenvalue weighted by Gasteiger charge is 2.22. The Bertz CT molecular complexity index is 3020. The van der Waals surface area contributed by atoms with Gasteiger partial charge in [0, 0.05) is 21.8 Å². The first-order chi connectivity index (χ1) is 26.4. The van der Waals surface area contributed by atoms with Gasteiger partial charge in [-0.3, -0.25) is 0 Å². The zero-order chi connectivity index (χ0) is 36.4. The molecule has 0 saturated carbocycles. The molecule has 2 nitrogen and oxygen atoms in total. The van der Waals surface area contributed by atoms with Crippen LogP contribution >= 0.6 is 0 Å². The van der Waals surface area contributed by atoms with E-state index in [-0.39, 0.29) is 0 Å². The molecule has 54 heavy (non-hydrogen) atoms. The Morgan fingerprint density at radius 3 is 1.83 bits per heavy atom. The van der Waals surface area contributed by atoms with Gasteiger partial charge < -0.3 is 9.32 Å². The number of para-hydroxylation sites is 1. The van der Waals surface area contributed by atoms with E-state index in [2.05, 4.69) is 207 Å². The lowest BCUT2D eigenvalue weighted by Crippen LogP contribution is -2.37. The minimum Gasteiger partial charge on any atom is -0.454 e. The number of anilines is 3. The van der Waals surface area contributed by atoms with Gasteiger partial charge in [-0.25, -0.2) is 0 Å². The van der Waals surface area contributed by atoms with Gasteiger partial charge in [0.25, 0.3) is 0 Å². The second-order valence-electron chi connectivity index (χ2n) is 15.4. The molecule has 0 saturated heterocycles. The van der Waals surface area contributed by atoms with Crippen molar-refractivity contribution in [1.82, 2.24) is 0 Å². The lowest BCUT2D eigenvalue weighted by molar-refractivity contribution is 0.669. The number of benzene rings is 9. The number of fused-ring (bicyclic) bond motifs is 6. The Kier molecular flexibility index (Phi) is 7.53. The Balaban J connectivity index is 1.17. The summed E-state index contributed by atoms with van der Waals surface area (Å²) in [5.41, 5.74) is 9.83. The molecule has 0 bridgehead atoms. The molecule has 0 aliphatic rings. The monoisotopic (exact) mass is 709 g/mol. The summed E-state index contributed by atoms with van der Waals surface area (Å²) in [6.07, 6.45) is 0. The van der Waals surface area contributed by atoms with E-state index in [0.717, 1.165) is 39.0 Å². The lowest BCUT2D eigenvalue weighted by Gasteiger charge is -2.27. The van der Waals surface area contributed by atoms with Crippen molar-refractivity contribution in [1.29, 1.82) is 0 Å². The summed E-state index contributed by atoms with van der Waals surface area (Å²) in [4.78, 5) is 2.37. The standard InChI is InChI=1S/C51H39NOSi/c1-54(2,3)41-30-27-38-33-49-46(32-39(38)31-41)45-22-12-24-48(51(45)53-49)52(47-23-11-16-34-15-7-8-19-42(34)47)40-28-25-36(26-29-40)44-21-10-18-37-17-9-20-43(50(37)44)35-13-5-4-6-14-35/h4-33H,1-3H3. The Morgan fingerprint density at radius 1 is 0.426 bits per heavy atom. The third-order valence-corrected chi connectivity index (χ3v) is 13.0. The van der Waals surface area contributed by atoms with E-state index in [9.17, 15) is 0 Å². The summed E-state index contributed by atoms with van der Waals surface area (Å²) < 4.78 is 6.89. The van der Waals surface area contributed by atoms with Gasteiger partial charge in [0.2, 0.25) is 0 Å². The second kappa shape index (κ2) is 12.6. The molecule has 9 aromatic carbocycles. The Hall–Kier alpha value is -6.42. The van der Waals surface area contributed by atoms with Crippen LogP contribution in [0.1, 0.15) is 0 Å². The minimum absolute atomic E-state index is 0.881. The number of rotatable bonds is 6. The lowest BCUT2D eigenvalue weighted by atomic mass is 9.91. The van der Waals surface area contributed by atoms with Gasteiger partial charge in [-0.2, -0.15) is 0 Å². The van der Waals surface area contributed by atoms with E-state index in [4.69, 9.17) is 4.42 Å². The van der Waals surface area contributed by atoms with E-state index < -0.39 is 8.07 Å². The number of hydrogen-bond acceptors (Lipinski definition) is 2. The second-order valence-corrected chi connectivity index (χ2v) is 20.4. The van der Waals surface area contributed by atoms with Crippen LogP contribution in [0.25, 0.3) is 76.5 Å². The van der Waals surface area contributed by atoms with Crippen molar-refractivity contribution in [2.45, 2.75) is 19.6 Å². The van der Waals surface area contributed by atoms with Gasteiger partial charge in [-0.15, -0.1) is 0 Å². The first-order valence-electron chi connectivity index (χ1n) is 18.8. The number of nitrogens with zero attached hydrogens (tertiary/aromatic N) is 1. The molecule has 0 fully saturated rings. The Morgan fingerprint density at radius 2 is 1.06 bits per heavy atom. The zero-order valence-electron chi connectivity index (χ0n) is 30.7. The fourth-order valence-electron chi connectivity index (χ4n) is 8.21. The highest BCUT2D eigenvalue weighted by atomic mass is 28.3. The quantitative estimate of drug-likeness (QED) is 0.160. The van der Waals surface area contributed by atoms with Crippen LogP contribution in [0.3, 0.4) is 0 Å². The summed E-state index contributed by atoms with van der Waals surface area (Å²) in [5, 5.41) is 11.1. The molecule has 0 unspecified atom stereocenters. The van der Waals surface area contributed by atoms with Crippen molar-refractivity contribution in [3.8, 4) is 22.3 Å². The fraction of sp³-hybridized carbons (Fsp3) is 0.0588. The molecule has 0 aliphatic carbocycles. The molecule has 0 radical (unpaired) electrons. The van der Waals surface area contributed by atoms with Gasteiger partial charge >= 0.3 is 0 Å². The molecule has 0 aliphatic heterocycles. The largest absolute Gasteiger partial charge is 0.454 e. The zero-order valence-corrected chi connectivity index (χ0v) is 31.7. The maximum absolute atomic E-state index is 6.89. The first kappa shape index (κ1) is 32.2. The smallest absolute Gasteiger partial charge is 0.159 e. The SMILES string of the molecule is C[Si](C)(C)c1ccc2cc3oc4c(N(c5ccc(-c6cccc7cccc(-c8ccccc8)c67)cc5)c5cccc6ccccc56)cccc4c3cc2c1. The molecule has 10 aromatic rings. The molecule has 0 spiro atoms. The van der Waals surface area contributed by atoms with Crippen LogP contribution in [0, 0.1) is 0 Å². The van der Waals surface area contributed by atoms with Gasteiger partial charge in [-0.05, 0) is 85.6 Å².